The molecule has 118 valence electrons. The quantitative estimate of drug-likeness (QED) is 0.897. The lowest BCUT2D eigenvalue weighted by molar-refractivity contribution is -0.150. The van der Waals surface area contributed by atoms with E-state index in [-0.39, 0.29) is 11.6 Å². The summed E-state index contributed by atoms with van der Waals surface area (Å²) in [5.41, 5.74) is -1.03. The zero-order valence-electron chi connectivity index (χ0n) is 12.5. The van der Waals surface area contributed by atoms with Gasteiger partial charge in [-0.05, 0) is 33.6 Å². The standard InChI is InChI=1S/C13H21N3O4S/c1-4-15-8-11(14-10(15)2)21(19,20)16-7-5-6-13(3,9-16)12(17)18/h8H,4-7,9H2,1-3H3,(H,17,18). The van der Waals surface area contributed by atoms with E-state index in [9.17, 15) is 18.3 Å². The number of aliphatic carboxylic acids is 1. The first kappa shape index (κ1) is 16.0. The van der Waals surface area contributed by atoms with Crippen molar-refractivity contribution in [2.24, 2.45) is 5.41 Å². The zero-order valence-corrected chi connectivity index (χ0v) is 13.4. The molecule has 2 heterocycles. The molecular formula is C13H21N3O4S. The van der Waals surface area contributed by atoms with E-state index in [0.717, 1.165) is 0 Å². The topological polar surface area (TPSA) is 92.5 Å². The number of carboxylic acid groups (broad SMARTS) is 1. The molecule has 1 N–H and O–H groups in total. The van der Waals surface area contributed by atoms with Crippen LogP contribution in [0, 0.1) is 12.3 Å². The molecule has 0 amide bonds. The van der Waals surface area contributed by atoms with Gasteiger partial charge < -0.3 is 9.67 Å². The summed E-state index contributed by atoms with van der Waals surface area (Å²) in [4.78, 5) is 15.5. The molecule has 1 aromatic rings. The molecule has 0 saturated carbocycles. The number of nitrogens with zero attached hydrogens (tertiary/aromatic N) is 3. The van der Waals surface area contributed by atoms with E-state index in [1.54, 1.807) is 18.4 Å². The second-order valence-corrected chi connectivity index (χ2v) is 7.61. The SMILES string of the molecule is CCn1cc(S(=O)(=O)N2CCCC(C)(C(=O)O)C2)nc1C. The van der Waals surface area contributed by atoms with Crippen LogP contribution in [0.4, 0.5) is 0 Å². The number of carbonyl (C=O) groups is 1. The number of piperidine rings is 1. The van der Waals surface area contributed by atoms with Crippen molar-refractivity contribution in [1.29, 1.82) is 0 Å². The fraction of sp³-hybridized carbons (Fsp3) is 0.692. The summed E-state index contributed by atoms with van der Waals surface area (Å²) in [5, 5.41) is 9.29. The molecule has 8 heteroatoms. The van der Waals surface area contributed by atoms with Crippen LogP contribution >= 0.6 is 0 Å². The van der Waals surface area contributed by atoms with E-state index >= 15 is 0 Å². The maximum Gasteiger partial charge on any atom is 0.310 e. The first-order valence-corrected chi connectivity index (χ1v) is 8.42. The van der Waals surface area contributed by atoms with Gasteiger partial charge in [0.2, 0.25) is 0 Å². The van der Waals surface area contributed by atoms with Crippen LogP contribution in [-0.4, -0.2) is 46.4 Å². The maximum atomic E-state index is 12.6. The van der Waals surface area contributed by atoms with Crippen molar-refractivity contribution < 1.29 is 18.3 Å². The molecule has 0 aliphatic carbocycles. The number of aryl methyl sites for hydroxylation is 2. The van der Waals surface area contributed by atoms with Crippen LogP contribution in [0.3, 0.4) is 0 Å². The summed E-state index contributed by atoms with van der Waals surface area (Å²) in [6.07, 6.45) is 2.53. The van der Waals surface area contributed by atoms with Crippen LogP contribution in [-0.2, 0) is 21.4 Å². The Balaban J connectivity index is 2.32. The van der Waals surface area contributed by atoms with Gasteiger partial charge in [0.05, 0.1) is 5.41 Å². The van der Waals surface area contributed by atoms with Gasteiger partial charge in [-0.2, -0.15) is 4.31 Å². The summed E-state index contributed by atoms with van der Waals surface area (Å²) in [7, 11) is -3.74. The lowest BCUT2D eigenvalue weighted by Gasteiger charge is -2.36. The third-order valence-corrected chi connectivity index (χ3v) is 5.79. The predicted molar refractivity (Wildman–Crippen MR) is 76.4 cm³/mol. The number of hydrogen-bond donors (Lipinski definition) is 1. The Hall–Kier alpha value is -1.41. The Morgan fingerprint density at radius 3 is 2.71 bits per heavy atom. The maximum absolute atomic E-state index is 12.6. The Morgan fingerprint density at radius 1 is 1.52 bits per heavy atom. The van der Waals surface area contributed by atoms with Crippen LogP contribution in [0.15, 0.2) is 11.2 Å². The third kappa shape index (κ3) is 2.82. The van der Waals surface area contributed by atoms with Gasteiger partial charge in [-0.25, -0.2) is 13.4 Å². The molecule has 1 fully saturated rings. The van der Waals surface area contributed by atoms with Crippen LogP contribution in [0.5, 0.6) is 0 Å². The molecule has 1 unspecified atom stereocenters. The van der Waals surface area contributed by atoms with Crippen LogP contribution < -0.4 is 0 Å². The minimum absolute atomic E-state index is 0.00325. The average molecular weight is 315 g/mol. The highest BCUT2D eigenvalue weighted by Crippen LogP contribution is 2.32. The predicted octanol–water partition coefficient (Wildman–Crippen LogP) is 1.09. The van der Waals surface area contributed by atoms with Gasteiger partial charge in [-0.3, -0.25) is 4.79 Å². The molecule has 0 radical (unpaired) electrons. The fourth-order valence-electron chi connectivity index (χ4n) is 2.63. The molecule has 0 spiro atoms. The highest BCUT2D eigenvalue weighted by Gasteiger charge is 2.42. The number of aromatic nitrogens is 2. The van der Waals surface area contributed by atoms with Crippen LogP contribution in [0.1, 0.15) is 32.5 Å². The van der Waals surface area contributed by atoms with E-state index in [1.807, 2.05) is 6.92 Å². The van der Waals surface area contributed by atoms with Gasteiger partial charge in [0.25, 0.3) is 10.0 Å². The second kappa shape index (κ2) is 5.42. The van der Waals surface area contributed by atoms with Crippen molar-refractivity contribution in [1.82, 2.24) is 13.9 Å². The van der Waals surface area contributed by atoms with Crippen molar-refractivity contribution in [2.45, 2.75) is 45.2 Å². The van der Waals surface area contributed by atoms with Crippen molar-refractivity contribution >= 4 is 16.0 Å². The molecule has 1 atom stereocenters. The Bertz CT molecular complexity index is 652. The first-order valence-electron chi connectivity index (χ1n) is 6.98. The van der Waals surface area contributed by atoms with Crippen LogP contribution in [0.25, 0.3) is 0 Å². The van der Waals surface area contributed by atoms with Crippen molar-refractivity contribution in [2.75, 3.05) is 13.1 Å². The monoisotopic (exact) mass is 315 g/mol. The van der Waals surface area contributed by atoms with E-state index < -0.39 is 21.4 Å². The van der Waals surface area contributed by atoms with Gasteiger partial charge in [0, 0.05) is 25.8 Å². The minimum Gasteiger partial charge on any atom is -0.481 e. The van der Waals surface area contributed by atoms with Crippen molar-refractivity contribution in [3.63, 3.8) is 0 Å². The number of rotatable bonds is 4. The summed E-state index contributed by atoms with van der Waals surface area (Å²) in [6, 6.07) is 0. The molecular weight excluding hydrogens is 294 g/mol. The van der Waals surface area contributed by atoms with E-state index in [2.05, 4.69) is 4.98 Å². The molecule has 21 heavy (non-hydrogen) atoms. The summed E-state index contributed by atoms with van der Waals surface area (Å²) >= 11 is 0. The summed E-state index contributed by atoms with van der Waals surface area (Å²) in [6.45, 7) is 6.22. The molecule has 1 aromatic heterocycles. The van der Waals surface area contributed by atoms with Gasteiger partial charge in [-0.1, -0.05) is 0 Å². The van der Waals surface area contributed by atoms with Gasteiger partial charge in [-0.15, -0.1) is 0 Å². The van der Waals surface area contributed by atoms with Crippen LogP contribution in [0.2, 0.25) is 0 Å². The van der Waals surface area contributed by atoms with Crippen molar-refractivity contribution in [3.8, 4) is 0 Å². The van der Waals surface area contributed by atoms with Gasteiger partial charge >= 0.3 is 5.97 Å². The molecule has 1 saturated heterocycles. The molecule has 1 aliphatic heterocycles. The summed E-state index contributed by atoms with van der Waals surface area (Å²) in [5.74, 6) is -0.327. The third-order valence-electron chi connectivity index (χ3n) is 4.08. The zero-order chi connectivity index (χ0) is 15.8. The molecule has 0 aromatic carbocycles. The molecule has 7 nitrogen and oxygen atoms in total. The Morgan fingerprint density at radius 2 is 2.19 bits per heavy atom. The smallest absolute Gasteiger partial charge is 0.310 e. The second-order valence-electron chi connectivity index (χ2n) is 5.72. The Labute approximate surface area is 124 Å². The number of carboxylic acids is 1. The Kier molecular flexibility index (Phi) is 4.12. The number of imidazole rings is 1. The lowest BCUT2D eigenvalue weighted by atomic mass is 9.83. The highest BCUT2D eigenvalue weighted by molar-refractivity contribution is 7.89. The minimum atomic E-state index is -3.74. The molecule has 1 aliphatic rings. The average Bonchev–Trinajstić information content (AvgIpc) is 2.80. The van der Waals surface area contributed by atoms with Gasteiger partial charge in [0.1, 0.15) is 5.82 Å². The number of sulfonamides is 1. The van der Waals surface area contributed by atoms with Gasteiger partial charge in [0.15, 0.2) is 5.03 Å². The summed E-state index contributed by atoms with van der Waals surface area (Å²) < 4.78 is 28.3. The number of hydrogen-bond acceptors (Lipinski definition) is 4. The van der Waals surface area contributed by atoms with E-state index in [1.165, 1.54) is 10.5 Å². The van der Waals surface area contributed by atoms with Crippen molar-refractivity contribution in [3.05, 3.63) is 12.0 Å². The molecule has 0 bridgehead atoms. The normalized spacial score (nSPS) is 24.1. The molecule has 2 rings (SSSR count). The lowest BCUT2D eigenvalue weighted by Crippen LogP contribution is -2.48. The fourth-order valence-corrected chi connectivity index (χ4v) is 4.23. The first-order chi connectivity index (χ1) is 9.70. The highest BCUT2D eigenvalue weighted by atomic mass is 32.2. The van der Waals surface area contributed by atoms with E-state index in [4.69, 9.17) is 0 Å². The van der Waals surface area contributed by atoms with E-state index in [0.29, 0.717) is 31.8 Å². The largest absolute Gasteiger partial charge is 0.481 e.